The number of hydrogen-bond acceptors (Lipinski definition) is 4. The fraction of sp³-hybridized carbons (Fsp3) is 0.571. The Labute approximate surface area is 122 Å². The first-order chi connectivity index (χ1) is 9.55. The highest BCUT2D eigenvalue weighted by atomic mass is 32.2. The molecule has 0 fully saturated rings. The van der Waals surface area contributed by atoms with E-state index in [9.17, 15) is 8.42 Å². The second-order valence-electron chi connectivity index (χ2n) is 4.56. The van der Waals surface area contributed by atoms with Crippen molar-refractivity contribution >= 4 is 15.7 Å². The van der Waals surface area contributed by atoms with Crippen molar-refractivity contribution < 1.29 is 8.42 Å². The van der Waals surface area contributed by atoms with Gasteiger partial charge in [0.25, 0.3) is 0 Å². The normalized spacial score (nSPS) is 11.8. The molecule has 0 saturated carbocycles. The van der Waals surface area contributed by atoms with Gasteiger partial charge in [-0.15, -0.1) is 0 Å². The minimum Gasteiger partial charge on any atom is -0.383 e. The van der Waals surface area contributed by atoms with Gasteiger partial charge in [-0.2, -0.15) is 0 Å². The smallest absolute Gasteiger partial charge is 0.242 e. The van der Waals surface area contributed by atoms with Crippen LogP contribution in [0, 0.1) is 0 Å². The summed E-state index contributed by atoms with van der Waals surface area (Å²) in [5.41, 5.74) is 0.648. The molecule has 0 spiro atoms. The van der Waals surface area contributed by atoms with Gasteiger partial charge in [0.1, 0.15) is 4.90 Å². The maximum Gasteiger partial charge on any atom is 0.242 e. The summed E-state index contributed by atoms with van der Waals surface area (Å²) in [6, 6.07) is 6.96. The predicted octanol–water partition coefficient (Wildman–Crippen LogP) is 1.74. The summed E-state index contributed by atoms with van der Waals surface area (Å²) in [5.74, 6) is 0. The number of nitrogens with one attached hydrogen (secondary N) is 2. The summed E-state index contributed by atoms with van der Waals surface area (Å²) < 4.78 is 26.2. The molecule has 0 saturated heterocycles. The number of benzene rings is 1. The molecule has 0 bridgehead atoms. The van der Waals surface area contributed by atoms with Crippen molar-refractivity contribution in [1.29, 1.82) is 0 Å². The van der Waals surface area contributed by atoms with Crippen molar-refractivity contribution in [1.82, 2.24) is 9.62 Å². The number of sulfonamides is 1. The highest BCUT2D eigenvalue weighted by molar-refractivity contribution is 7.89. The van der Waals surface area contributed by atoms with Crippen LogP contribution in [0.1, 0.15) is 20.3 Å². The van der Waals surface area contributed by atoms with E-state index in [1.54, 1.807) is 18.2 Å². The third-order valence-electron chi connectivity index (χ3n) is 3.18. The fourth-order valence-electron chi connectivity index (χ4n) is 2.05. The minimum atomic E-state index is -3.42. The quantitative estimate of drug-likeness (QED) is 0.729. The van der Waals surface area contributed by atoms with Gasteiger partial charge >= 0.3 is 0 Å². The lowest BCUT2D eigenvalue weighted by Crippen LogP contribution is -2.30. The van der Waals surface area contributed by atoms with Crippen molar-refractivity contribution in [3.8, 4) is 0 Å². The van der Waals surface area contributed by atoms with Gasteiger partial charge in [0.15, 0.2) is 0 Å². The summed E-state index contributed by atoms with van der Waals surface area (Å²) in [6.45, 7) is 7.99. The second-order valence-corrected chi connectivity index (χ2v) is 6.42. The lowest BCUT2D eigenvalue weighted by atomic mass is 10.3. The molecule has 0 atom stereocenters. The Morgan fingerprint density at radius 1 is 1.15 bits per heavy atom. The van der Waals surface area contributed by atoms with E-state index in [2.05, 4.69) is 28.8 Å². The standard InChI is InChI=1S/C14H25N3O2S/c1-4-11-17(5-2)12-10-16-13-8-6-7-9-14(13)20(18,19)15-3/h6-9,15-16H,4-5,10-12H2,1-3H3. The van der Waals surface area contributed by atoms with Crippen molar-refractivity contribution in [3.63, 3.8) is 0 Å². The van der Waals surface area contributed by atoms with Crippen LogP contribution in [-0.2, 0) is 10.0 Å². The molecule has 0 aliphatic rings. The van der Waals surface area contributed by atoms with E-state index in [4.69, 9.17) is 0 Å². The lowest BCUT2D eigenvalue weighted by molar-refractivity contribution is 0.300. The summed E-state index contributed by atoms with van der Waals surface area (Å²) in [7, 11) is -2.00. The first-order valence-electron chi connectivity index (χ1n) is 7.04. The maximum absolute atomic E-state index is 11.9. The number of likely N-dealkylation sites (N-methyl/N-ethyl adjacent to an activating group) is 1. The van der Waals surface area contributed by atoms with Crippen LogP contribution in [-0.4, -0.2) is 46.5 Å². The molecule has 0 unspecified atom stereocenters. The summed E-state index contributed by atoms with van der Waals surface area (Å²) in [5, 5.41) is 3.22. The van der Waals surface area contributed by atoms with Crippen LogP contribution in [0.15, 0.2) is 29.2 Å². The van der Waals surface area contributed by atoms with E-state index >= 15 is 0 Å². The Kier molecular flexibility index (Phi) is 6.98. The zero-order valence-corrected chi connectivity index (χ0v) is 13.3. The topological polar surface area (TPSA) is 61.4 Å². The van der Waals surface area contributed by atoms with Crippen LogP contribution in [0.4, 0.5) is 5.69 Å². The predicted molar refractivity (Wildman–Crippen MR) is 83.6 cm³/mol. The molecule has 1 aromatic carbocycles. The molecule has 0 amide bonds. The van der Waals surface area contributed by atoms with Crippen molar-refractivity contribution in [3.05, 3.63) is 24.3 Å². The van der Waals surface area contributed by atoms with Crippen LogP contribution in [0.2, 0.25) is 0 Å². The first kappa shape index (κ1) is 16.9. The van der Waals surface area contributed by atoms with E-state index < -0.39 is 10.0 Å². The second kappa shape index (κ2) is 8.24. The van der Waals surface area contributed by atoms with E-state index in [0.717, 1.165) is 32.6 Å². The Balaban J connectivity index is 2.69. The van der Waals surface area contributed by atoms with Gasteiger partial charge in [-0.3, -0.25) is 0 Å². The largest absolute Gasteiger partial charge is 0.383 e. The van der Waals surface area contributed by atoms with E-state index in [0.29, 0.717) is 10.6 Å². The summed E-state index contributed by atoms with van der Waals surface area (Å²) >= 11 is 0. The van der Waals surface area contributed by atoms with Crippen LogP contribution in [0.5, 0.6) is 0 Å². The number of nitrogens with zero attached hydrogens (tertiary/aromatic N) is 1. The van der Waals surface area contributed by atoms with Gasteiger partial charge in [-0.1, -0.05) is 26.0 Å². The molecule has 0 aromatic heterocycles. The van der Waals surface area contributed by atoms with Crippen molar-refractivity contribution in [2.24, 2.45) is 0 Å². The zero-order valence-electron chi connectivity index (χ0n) is 12.5. The van der Waals surface area contributed by atoms with Crippen molar-refractivity contribution in [2.75, 3.05) is 38.5 Å². The molecule has 2 N–H and O–H groups in total. The average molecular weight is 299 g/mol. The number of anilines is 1. The van der Waals surface area contributed by atoms with Gasteiger partial charge in [0, 0.05) is 13.1 Å². The molecule has 0 radical (unpaired) electrons. The monoisotopic (exact) mass is 299 g/mol. The zero-order chi connectivity index (χ0) is 15.0. The third-order valence-corrected chi connectivity index (χ3v) is 4.65. The van der Waals surface area contributed by atoms with Gasteiger partial charge in [0.05, 0.1) is 5.69 Å². The average Bonchev–Trinajstić information content (AvgIpc) is 2.46. The molecule has 0 heterocycles. The number of para-hydroxylation sites is 1. The SMILES string of the molecule is CCCN(CC)CCNc1ccccc1S(=O)(=O)NC. The lowest BCUT2D eigenvalue weighted by Gasteiger charge is -2.20. The van der Waals surface area contributed by atoms with Gasteiger partial charge < -0.3 is 10.2 Å². The molecule has 114 valence electrons. The maximum atomic E-state index is 11.9. The fourth-order valence-corrected chi connectivity index (χ4v) is 2.96. The molecular formula is C14H25N3O2S. The van der Waals surface area contributed by atoms with E-state index in [1.807, 2.05) is 6.07 Å². The van der Waals surface area contributed by atoms with Gasteiger partial charge in [0.2, 0.25) is 10.0 Å². The molecule has 0 aliphatic heterocycles. The number of hydrogen-bond donors (Lipinski definition) is 2. The minimum absolute atomic E-state index is 0.293. The Morgan fingerprint density at radius 2 is 1.85 bits per heavy atom. The molecule has 20 heavy (non-hydrogen) atoms. The highest BCUT2D eigenvalue weighted by Crippen LogP contribution is 2.19. The van der Waals surface area contributed by atoms with Crippen LogP contribution >= 0.6 is 0 Å². The number of rotatable bonds is 9. The Morgan fingerprint density at radius 3 is 2.45 bits per heavy atom. The first-order valence-corrected chi connectivity index (χ1v) is 8.52. The highest BCUT2D eigenvalue weighted by Gasteiger charge is 2.15. The Hall–Kier alpha value is -1.11. The summed E-state index contributed by atoms with van der Waals surface area (Å²) in [6.07, 6.45) is 1.12. The van der Waals surface area contributed by atoms with Crippen LogP contribution in [0.25, 0.3) is 0 Å². The molecule has 5 nitrogen and oxygen atoms in total. The molecule has 6 heteroatoms. The third kappa shape index (κ3) is 4.77. The van der Waals surface area contributed by atoms with E-state index in [-0.39, 0.29) is 0 Å². The summed E-state index contributed by atoms with van der Waals surface area (Å²) in [4.78, 5) is 2.63. The Bertz CT molecular complexity index is 503. The van der Waals surface area contributed by atoms with Crippen molar-refractivity contribution in [2.45, 2.75) is 25.2 Å². The van der Waals surface area contributed by atoms with E-state index in [1.165, 1.54) is 7.05 Å². The molecule has 0 aliphatic carbocycles. The van der Waals surface area contributed by atoms with Gasteiger partial charge in [-0.05, 0) is 38.7 Å². The molecular weight excluding hydrogens is 274 g/mol. The van der Waals surface area contributed by atoms with Gasteiger partial charge in [-0.25, -0.2) is 13.1 Å². The van der Waals surface area contributed by atoms with Crippen LogP contribution in [0.3, 0.4) is 0 Å². The molecule has 1 aromatic rings. The van der Waals surface area contributed by atoms with Crippen LogP contribution < -0.4 is 10.0 Å². The molecule has 1 rings (SSSR count).